The summed E-state index contributed by atoms with van der Waals surface area (Å²) in [5.41, 5.74) is -7.15. The number of carbonyl (C=O) groups excluding carboxylic acids is 2. The number of rotatable bonds is 2. The second-order valence-corrected chi connectivity index (χ2v) is 10.8. The van der Waals surface area contributed by atoms with Gasteiger partial charge in [-0.05, 0) is 40.5 Å². The minimum Gasteiger partial charge on any atom is -0.443 e. The van der Waals surface area contributed by atoms with Gasteiger partial charge in [0, 0.05) is 6.20 Å². The van der Waals surface area contributed by atoms with E-state index in [1.165, 1.54) is 4.57 Å². The normalized spacial score (nSPS) is 21.3. The van der Waals surface area contributed by atoms with Crippen LogP contribution in [0.3, 0.4) is 0 Å². The van der Waals surface area contributed by atoms with Crippen molar-refractivity contribution in [3.05, 3.63) is 17.7 Å². The van der Waals surface area contributed by atoms with Crippen LogP contribution in [-0.2, 0) is 14.9 Å². The third-order valence-electron chi connectivity index (χ3n) is 5.66. The Morgan fingerprint density at radius 3 is 2.35 bits per heavy atom. The predicted molar refractivity (Wildman–Crippen MR) is 112 cm³/mol. The van der Waals surface area contributed by atoms with Gasteiger partial charge in [0.15, 0.2) is 11.4 Å². The van der Waals surface area contributed by atoms with Gasteiger partial charge in [-0.25, -0.2) is 19.7 Å². The van der Waals surface area contributed by atoms with E-state index in [4.69, 9.17) is 4.74 Å². The molecule has 0 unspecified atom stereocenters. The molecule has 2 atom stereocenters. The van der Waals surface area contributed by atoms with E-state index >= 15 is 0 Å². The van der Waals surface area contributed by atoms with Gasteiger partial charge >= 0.3 is 21.7 Å². The lowest BCUT2D eigenvalue weighted by atomic mass is 9.87. The fourth-order valence-corrected chi connectivity index (χ4v) is 4.88. The number of hydrogen-bond acceptors (Lipinski definition) is 8. The number of halogens is 3. The quantitative estimate of drug-likeness (QED) is 0.447. The summed E-state index contributed by atoms with van der Waals surface area (Å²) in [5, 5.41) is -0.183. The second-order valence-electron chi connectivity index (χ2n) is 9.26. The van der Waals surface area contributed by atoms with Crippen LogP contribution in [0.4, 0.5) is 18.0 Å². The van der Waals surface area contributed by atoms with E-state index in [1.807, 2.05) is 0 Å². The first-order valence-electron chi connectivity index (χ1n) is 10.6. The van der Waals surface area contributed by atoms with Crippen molar-refractivity contribution in [1.29, 1.82) is 0 Å². The van der Waals surface area contributed by atoms with Crippen molar-refractivity contribution in [2.75, 3.05) is 0 Å². The van der Waals surface area contributed by atoms with E-state index in [0.29, 0.717) is 19.3 Å². The van der Waals surface area contributed by atoms with Gasteiger partial charge in [-0.15, -0.1) is 0 Å². The maximum atomic E-state index is 13.6. The van der Waals surface area contributed by atoms with Crippen LogP contribution < -0.4 is 4.18 Å². The predicted octanol–water partition coefficient (Wildman–Crippen LogP) is 3.84. The Morgan fingerprint density at radius 2 is 1.76 bits per heavy atom. The highest BCUT2D eigenvalue weighted by atomic mass is 32.2. The van der Waals surface area contributed by atoms with Crippen LogP contribution in [0.1, 0.15) is 68.8 Å². The van der Waals surface area contributed by atoms with Crippen LogP contribution in [0.5, 0.6) is 5.75 Å². The molecule has 2 aromatic heterocycles. The minimum absolute atomic E-state index is 0.0592. The third kappa shape index (κ3) is 3.97. The molecule has 0 spiro atoms. The van der Waals surface area contributed by atoms with Gasteiger partial charge in [-0.2, -0.15) is 21.6 Å². The van der Waals surface area contributed by atoms with Crippen LogP contribution in [-0.4, -0.2) is 57.0 Å². The van der Waals surface area contributed by atoms with Crippen LogP contribution in [0.2, 0.25) is 0 Å². The zero-order chi connectivity index (χ0) is 25.2. The lowest BCUT2D eigenvalue weighted by Gasteiger charge is -2.43. The maximum absolute atomic E-state index is 13.6. The summed E-state index contributed by atoms with van der Waals surface area (Å²) in [5.74, 6) is -1.64. The number of aromatic nitrogens is 3. The van der Waals surface area contributed by atoms with E-state index in [-0.39, 0.29) is 16.9 Å². The van der Waals surface area contributed by atoms with Gasteiger partial charge in [0.2, 0.25) is 0 Å². The lowest BCUT2D eigenvalue weighted by Crippen LogP contribution is -2.55. The van der Waals surface area contributed by atoms with Crippen molar-refractivity contribution in [3.63, 3.8) is 0 Å². The van der Waals surface area contributed by atoms with Gasteiger partial charge in [0.1, 0.15) is 17.1 Å². The van der Waals surface area contributed by atoms with Crippen molar-refractivity contribution in [1.82, 2.24) is 19.4 Å². The monoisotopic (exact) mass is 504 g/mol. The number of carbonyl (C=O) groups is 2. The molecule has 1 aliphatic heterocycles. The third-order valence-corrected chi connectivity index (χ3v) is 6.62. The molecule has 0 radical (unpaired) electrons. The summed E-state index contributed by atoms with van der Waals surface area (Å²) in [7, 11) is -6.13. The summed E-state index contributed by atoms with van der Waals surface area (Å²) in [6.07, 6.45) is 2.48. The molecule has 0 N–H and O–H groups in total. The molecular formula is C20H23F3N4O6S. The standard InChI is InChI=1S/C20H23F3N4O6S/c1-10-24-9-11-15(33-34(30,31)20(21,22)23)14-17(28)27(18(29)32-19(2,3)4)13-8-6-5-7-12(13)26(14)16(11)25-10/h9,12-13H,5-8H2,1-4H3/t12-,13+/m1/s1. The fourth-order valence-electron chi connectivity index (χ4n) is 4.40. The van der Waals surface area contributed by atoms with Crippen LogP contribution in [0, 0.1) is 6.92 Å². The molecular weight excluding hydrogens is 481 g/mol. The first-order chi connectivity index (χ1) is 15.6. The summed E-state index contributed by atoms with van der Waals surface area (Å²) in [6, 6.07) is -1.21. The molecule has 2 amide bonds. The Hall–Kier alpha value is -2.90. The first kappa shape index (κ1) is 24.2. The van der Waals surface area contributed by atoms with Crippen molar-refractivity contribution >= 4 is 33.2 Å². The van der Waals surface area contributed by atoms with Gasteiger partial charge in [0.05, 0.1) is 17.5 Å². The van der Waals surface area contributed by atoms with E-state index in [2.05, 4.69) is 14.2 Å². The maximum Gasteiger partial charge on any atom is 0.534 e. The molecule has 0 aromatic carbocycles. The van der Waals surface area contributed by atoms with Crippen molar-refractivity contribution in [3.8, 4) is 5.75 Å². The largest absolute Gasteiger partial charge is 0.534 e. The van der Waals surface area contributed by atoms with E-state index in [0.717, 1.165) is 17.5 Å². The molecule has 0 bridgehead atoms. The van der Waals surface area contributed by atoms with Crippen molar-refractivity contribution in [2.45, 2.75) is 76.6 Å². The van der Waals surface area contributed by atoms with E-state index < -0.39 is 56.8 Å². The number of imide groups is 1. The smallest absolute Gasteiger partial charge is 0.443 e. The molecule has 10 nitrogen and oxygen atoms in total. The zero-order valence-electron chi connectivity index (χ0n) is 18.8. The molecule has 1 saturated carbocycles. The van der Waals surface area contributed by atoms with Crippen molar-refractivity contribution < 1.29 is 40.1 Å². The fraction of sp³-hybridized carbons (Fsp3) is 0.600. The molecule has 2 aliphatic rings. The van der Waals surface area contributed by atoms with Gasteiger partial charge in [0.25, 0.3) is 5.91 Å². The van der Waals surface area contributed by atoms with Crippen LogP contribution in [0.25, 0.3) is 11.0 Å². The average Bonchev–Trinajstić information content (AvgIpc) is 2.99. The average molecular weight is 504 g/mol. The van der Waals surface area contributed by atoms with Crippen molar-refractivity contribution in [2.24, 2.45) is 0 Å². The summed E-state index contributed by atoms with van der Waals surface area (Å²) >= 11 is 0. The van der Waals surface area contributed by atoms with E-state index in [9.17, 15) is 31.2 Å². The topological polar surface area (TPSA) is 121 Å². The number of nitrogens with zero attached hydrogens (tertiary/aromatic N) is 4. The van der Waals surface area contributed by atoms with Crippen LogP contribution in [0.15, 0.2) is 6.20 Å². The molecule has 4 rings (SSSR count). The number of fused-ring (bicyclic) bond motifs is 5. The highest BCUT2D eigenvalue weighted by Gasteiger charge is 2.52. The molecule has 1 fully saturated rings. The second kappa shape index (κ2) is 7.82. The minimum atomic E-state index is -6.13. The molecule has 0 saturated heterocycles. The molecule has 34 heavy (non-hydrogen) atoms. The Bertz CT molecular complexity index is 1280. The SMILES string of the molecule is Cc1ncc2c(OS(=O)(=O)C(F)(F)F)c3n(c2n1)[C@@H]1CCCC[C@@H]1N(C(=O)OC(C)(C)C)C3=O. The summed E-state index contributed by atoms with van der Waals surface area (Å²) in [6.45, 7) is 6.37. The highest BCUT2D eigenvalue weighted by Crippen LogP contribution is 2.46. The number of ether oxygens (including phenoxy) is 1. The van der Waals surface area contributed by atoms with Crippen LogP contribution >= 0.6 is 0 Å². The first-order valence-corrected chi connectivity index (χ1v) is 12.0. The Morgan fingerprint density at radius 1 is 1.15 bits per heavy atom. The number of aryl methyl sites for hydroxylation is 1. The molecule has 14 heteroatoms. The Kier molecular flexibility index (Phi) is 5.57. The summed E-state index contributed by atoms with van der Waals surface area (Å²) < 4.78 is 74.5. The number of hydrogen-bond donors (Lipinski definition) is 0. The molecule has 186 valence electrons. The van der Waals surface area contributed by atoms with E-state index in [1.54, 1.807) is 27.7 Å². The molecule has 2 aromatic rings. The number of alkyl halides is 3. The highest BCUT2D eigenvalue weighted by molar-refractivity contribution is 7.88. The number of amides is 2. The molecule has 1 aliphatic carbocycles. The lowest BCUT2D eigenvalue weighted by molar-refractivity contribution is -0.0500. The Labute approximate surface area is 193 Å². The zero-order valence-corrected chi connectivity index (χ0v) is 19.7. The van der Waals surface area contributed by atoms with Gasteiger partial charge in [-0.1, -0.05) is 12.8 Å². The Balaban J connectivity index is 1.98. The summed E-state index contributed by atoms with van der Waals surface area (Å²) in [4.78, 5) is 35.7. The van der Waals surface area contributed by atoms with Gasteiger partial charge < -0.3 is 13.5 Å². The van der Waals surface area contributed by atoms with Gasteiger partial charge in [-0.3, -0.25) is 4.79 Å². The molecule has 3 heterocycles.